The highest BCUT2D eigenvalue weighted by Crippen LogP contribution is 2.21. The topological polar surface area (TPSA) is 84.5 Å². The SMILES string of the molecule is Cc1cc(C)cc(OCCNC(=O)c2ccc(NS(C)(=O)=O)cc2Cl)c1. The van der Waals surface area contributed by atoms with Crippen molar-refractivity contribution in [2.45, 2.75) is 13.8 Å². The number of benzene rings is 2. The first kappa shape index (κ1) is 20.1. The maximum Gasteiger partial charge on any atom is 0.252 e. The Labute approximate surface area is 158 Å². The Balaban J connectivity index is 1.89. The number of nitrogens with one attached hydrogen (secondary N) is 2. The Bertz CT molecular complexity index is 893. The van der Waals surface area contributed by atoms with E-state index in [1.54, 1.807) is 0 Å². The van der Waals surface area contributed by atoms with Crippen LogP contribution in [0.2, 0.25) is 5.02 Å². The fourth-order valence-corrected chi connectivity index (χ4v) is 3.24. The van der Waals surface area contributed by atoms with E-state index in [-0.39, 0.29) is 16.5 Å². The van der Waals surface area contributed by atoms with Gasteiger partial charge in [0.15, 0.2) is 0 Å². The predicted octanol–water partition coefficient (Wildman–Crippen LogP) is 3.14. The van der Waals surface area contributed by atoms with Crippen molar-refractivity contribution in [1.82, 2.24) is 5.32 Å². The van der Waals surface area contributed by atoms with Crippen molar-refractivity contribution in [3.05, 3.63) is 58.1 Å². The van der Waals surface area contributed by atoms with E-state index in [9.17, 15) is 13.2 Å². The van der Waals surface area contributed by atoms with Crippen LogP contribution in [0.1, 0.15) is 21.5 Å². The van der Waals surface area contributed by atoms with Crippen molar-refractivity contribution in [2.24, 2.45) is 0 Å². The van der Waals surface area contributed by atoms with E-state index < -0.39 is 10.0 Å². The summed E-state index contributed by atoms with van der Waals surface area (Å²) < 4.78 is 30.4. The summed E-state index contributed by atoms with van der Waals surface area (Å²) in [6, 6.07) is 10.3. The average Bonchev–Trinajstić information content (AvgIpc) is 2.49. The smallest absolute Gasteiger partial charge is 0.252 e. The summed E-state index contributed by atoms with van der Waals surface area (Å²) >= 11 is 6.07. The second-order valence-electron chi connectivity index (χ2n) is 6.00. The first-order chi connectivity index (χ1) is 12.1. The third kappa shape index (κ3) is 6.24. The Kier molecular flexibility index (Phi) is 6.50. The van der Waals surface area contributed by atoms with E-state index in [1.807, 2.05) is 26.0 Å². The van der Waals surface area contributed by atoms with Crippen molar-refractivity contribution in [1.29, 1.82) is 0 Å². The van der Waals surface area contributed by atoms with Crippen LogP contribution in [0, 0.1) is 13.8 Å². The standard InChI is InChI=1S/C18H21ClN2O4S/c1-12-8-13(2)10-15(9-12)25-7-6-20-18(22)16-5-4-14(11-17(16)19)21-26(3,23)24/h4-5,8-11,21H,6-7H2,1-3H3,(H,20,22). The molecule has 0 saturated carbocycles. The summed E-state index contributed by atoms with van der Waals surface area (Å²) in [5.41, 5.74) is 2.78. The third-order valence-electron chi connectivity index (χ3n) is 3.37. The number of halogens is 1. The van der Waals surface area contributed by atoms with Crippen molar-refractivity contribution >= 4 is 33.2 Å². The zero-order valence-electron chi connectivity index (χ0n) is 14.8. The maximum absolute atomic E-state index is 12.2. The van der Waals surface area contributed by atoms with Gasteiger partial charge in [-0.2, -0.15) is 0 Å². The van der Waals surface area contributed by atoms with Crippen LogP contribution in [0.3, 0.4) is 0 Å². The highest BCUT2D eigenvalue weighted by molar-refractivity contribution is 7.92. The lowest BCUT2D eigenvalue weighted by molar-refractivity contribution is 0.0947. The number of carbonyl (C=O) groups excluding carboxylic acids is 1. The van der Waals surface area contributed by atoms with Crippen molar-refractivity contribution < 1.29 is 17.9 Å². The Morgan fingerprint density at radius 3 is 2.35 bits per heavy atom. The van der Waals surface area contributed by atoms with Crippen LogP contribution < -0.4 is 14.8 Å². The van der Waals surface area contributed by atoms with E-state index in [0.29, 0.717) is 18.8 Å². The predicted molar refractivity (Wildman–Crippen MR) is 104 cm³/mol. The van der Waals surface area contributed by atoms with Crippen molar-refractivity contribution in [3.63, 3.8) is 0 Å². The van der Waals surface area contributed by atoms with Gasteiger partial charge < -0.3 is 10.1 Å². The summed E-state index contributed by atoms with van der Waals surface area (Å²) in [5.74, 6) is 0.399. The number of hydrogen-bond donors (Lipinski definition) is 2. The highest BCUT2D eigenvalue weighted by Gasteiger charge is 2.12. The van der Waals surface area contributed by atoms with Gasteiger partial charge in [-0.3, -0.25) is 9.52 Å². The first-order valence-electron chi connectivity index (χ1n) is 7.91. The van der Waals surface area contributed by atoms with Gasteiger partial charge in [-0.05, 0) is 55.3 Å². The van der Waals surface area contributed by atoms with Gasteiger partial charge in [0, 0.05) is 5.69 Å². The van der Waals surface area contributed by atoms with Crippen LogP contribution in [0.25, 0.3) is 0 Å². The molecule has 2 aromatic rings. The lowest BCUT2D eigenvalue weighted by atomic mass is 10.1. The molecule has 0 fully saturated rings. The molecule has 1 amide bonds. The molecule has 0 heterocycles. The minimum absolute atomic E-state index is 0.159. The number of sulfonamides is 1. The van der Waals surface area contributed by atoms with E-state index in [4.69, 9.17) is 16.3 Å². The normalized spacial score (nSPS) is 11.1. The van der Waals surface area contributed by atoms with Gasteiger partial charge in [0.05, 0.1) is 23.4 Å². The number of rotatable bonds is 7. The maximum atomic E-state index is 12.2. The molecule has 0 aliphatic rings. The lowest BCUT2D eigenvalue weighted by Crippen LogP contribution is -2.28. The molecule has 140 valence electrons. The van der Waals surface area contributed by atoms with E-state index in [0.717, 1.165) is 23.1 Å². The molecule has 2 rings (SSSR count). The molecule has 2 aromatic carbocycles. The highest BCUT2D eigenvalue weighted by atomic mass is 35.5. The Hall–Kier alpha value is -2.25. The summed E-state index contributed by atoms with van der Waals surface area (Å²) in [6.07, 6.45) is 1.04. The summed E-state index contributed by atoms with van der Waals surface area (Å²) in [6.45, 7) is 4.61. The number of amides is 1. The molecule has 0 saturated heterocycles. The minimum Gasteiger partial charge on any atom is -0.492 e. The molecule has 6 nitrogen and oxygen atoms in total. The van der Waals surface area contributed by atoms with E-state index >= 15 is 0 Å². The van der Waals surface area contributed by atoms with Gasteiger partial charge >= 0.3 is 0 Å². The van der Waals surface area contributed by atoms with Crippen LogP contribution in [0.4, 0.5) is 5.69 Å². The number of hydrogen-bond acceptors (Lipinski definition) is 4. The second-order valence-corrected chi connectivity index (χ2v) is 8.15. The van der Waals surface area contributed by atoms with Gasteiger partial charge in [0.25, 0.3) is 5.91 Å². The van der Waals surface area contributed by atoms with Crippen LogP contribution in [-0.2, 0) is 10.0 Å². The molecular weight excluding hydrogens is 376 g/mol. The number of ether oxygens (including phenoxy) is 1. The number of carbonyl (C=O) groups is 1. The lowest BCUT2D eigenvalue weighted by Gasteiger charge is -2.11. The number of anilines is 1. The molecule has 26 heavy (non-hydrogen) atoms. The molecule has 2 N–H and O–H groups in total. The summed E-state index contributed by atoms with van der Waals surface area (Å²) in [7, 11) is -3.40. The summed E-state index contributed by atoms with van der Waals surface area (Å²) in [4.78, 5) is 12.2. The van der Waals surface area contributed by atoms with Crippen LogP contribution in [0.15, 0.2) is 36.4 Å². The molecule has 0 aromatic heterocycles. The van der Waals surface area contributed by atoms with Crippen molar-refractivity contribution in [2.75, 3.05) is 24.1 Å². The van der Waals surface area contributed by atoms with Crippen LogP contribution >= 0.6 is 11.6 Å². The van der Waals surface area contributed by atoms with Gasteiger partial charge in [-0.25, -0.2) is 8.42 Å². The molecule has 8 heteroatoms. The minimum atomic E-state index is -3.40. The molecule has 0 aliphatic heterocycles. The van der Waals surface area contributed by atoms with E-state index in [2.05, 4.69) is 16.1 Å². The van der Waals surface area contributed by atoms with Gasteiger partial charge in [0.2, 0.25) is 10.0 Å². The molecular formula is C18H21ClN2O4S. The quantitative estimate of drug-likeness (QED) is 0.704. The fourth-order valence-electron chi connectivity index (χ4n) is 2.42. The largest absolute Gasteiger partial charge is 0.492 e. The first-order valence-corrected chi connectivity index (χ1v) is 10.2. The van der Waals surface area contributed by atoms with Gasteiger partial charge in [0.1, 0.15) is 12.4 Å². The average molecular weight is 397 g/mol. The monoisotopic (exact) mass is 396 g/mol. The summed E-state index contributed by atoms with van der Waals surface area (Å²) in [5, 5.41) is 2.88. The zero-order valence-corrected chi connectivity index (χ0v) is 16.4. The molecule has 0 unspecified atom stereocenters. The molecule has 0 atom stereocenters. The Morgan fingerprint density at radius 1 is 1.12 bits per heavy atom. The Morgan fingerprint density at radius 2 is 1.77 bits per heavy atom. The van der Waals surface area contributed by atoms with Gasteiger partial charge in [-0.15, -0.1) is 0 Å². The molecule has 0 aliphatic carbocycles. The zero-order chi connectivity index (χ0) is 19.3. The third-order valence-corrected chi connectivity index (χ3v) is 4.29. The molecule has 0 bridgehead atoms. The fraction of sp³-hybridized carbons (Fsp3) is 0.278. The number of aryl methyl sites for hydroxylation is 2. The molecule has 0 spiro atoms. The van der Waals surface area contributed by atoms with Crippen molar-refractivity contribution in [3.8, 4) is 5.75 Å². The van der Waals surface area contributed by atoms with Crippen LogP contribution in [-0.4, -0.2) is 33.7 Å². The molecule has 0 radical (unpaired) electrons. The van der Waals surface area contributed by atoms with Gasteiger partial charge in [-0.1, -0.05) is 17.7 Å². The second kappa shape index (κ2) is 8.42. The van der Waals surface area contributed by atoms with Crippen LogP contribution in [0.5, 0.6) is 5.75 Å². The van der Waals surface area contributed by atoms with E-state index in [1.165, 1.54) is 18.2 Å².